The zero-order chi connectivity index (χ0) is 17.1. The van der Waals surface area contributed by atoms with Gasteiger partial charge >= 0.3 is 6.09 Å². The molecule has 2 aromatic rings. The fraction of sp³-hybridized carbons (Fsp3) is 0.474. The number of piperidine rings is 1. The lowest BCUT2D eigenvalue weighted by Crippen LogP contribution is -2.46. The molecular weight excluding hydrogens is 302 g/mol. The number of pyridine rings is 1. The number of rotatable bonds is 3. The third-order valence-electron chi connectivity index (χ3n) is 4.76. The molecule has 1 aromatic heterocycles. The first-order chi connectivity index (χ1) is 11.6. The van der Waals surface area contributed by atoms with Gasteiger partial charge in [-0.15, -0.1) is 0 Å². The summed E-state index contributed by atoms with van der Waals surface area (Å²) in [6.45, 7) is 6.18. The van der Waals surface area contributed by atoms with Crippen LogP contribution < -0.4 is 4.90 Å². The summed E-state index contributed by atoms with van der Waals surface area (Å²) in [5.74, 6) is 1.06. The van der Waals surface area contributed by atoms with Gasteiger partial charge in [0, 0.05) is 31.6 Å². The second-order valence-corrected chi connectivity index (χ2v) is 6.35. The highest BCUT2D eigenvalue weighted by Gasteiger charge is 2.27. The lowest BCUT2D eigenvalue weighted by Gasteiger charge is -2.37. The number of aromatic nitrogens is 1. The average molecular weight is 327 g/mol. The predicted molar refractivity (Wildman–Crippen MR) is 96.5 cm³/mol. The maximum absolute atomic E-state index is 11.9. The van der Waals surface area contributed by atoms with E-state index < -0.39 is 0 Å². The van der Waals surface area contributed by atoms with E-state index in [9.17, 15) is 4.79 Å². The maximum atomic E-state index is 11.9. The number of hydrogen-bond donors (Lipinski definition) is 0. The molecule has 0 aliphatic carbocycles. The molecule has 1 saturated heterocycles. The van der Waals surface area contributed by atoms with Crippen LogP contribution in [0, 0.1) is 6.92 Å². The van der Waals surface area contributed by atoms with Crippen LogP contribution in [0.4, 0.5) is 10.6 Å². The van der Waals surface area contributed by atoms with Crippen molar-refractivity contribution in [3.63, 3.8) is 0 Å². The summed E-state index contributed by atoms with van der Waals surface area (Å²) in [5.41, 5.74) is 2.23. The number of ether oxygens (including phenoxy) is 1. The number of fused-ring (bicyclic) bond motifs is 1. The summed E-state index contributed by atoms with van der Waals surface area (Å²) in [5, 5.41) is 1.18. The molecule has 3 rings (SSSR count). The number of carbonyl (C=O) groups excluding carboxylic acids is 1. The second-order valence-electron chi connectivity index (χ2n) is 6.35. The second kappa shape index (κ2) is 7.07. The molecule has 0 unspecified atom stereocenters. The minimum atomic E-state index is -0.226. The molecule has 24 heavy (non-hydrogen) atoms. The number of carbonyl (C=O) groups is 1. The standard InChI is InChI=1S/C19H25N3O2/c1-4-24-19(23)21(3)16-9-11-22(12-10-16)18-14(2)13-15-7-5-6-8-17(15)20-18/h5-8,13,16H,4,9-12H2,1-3H3. The predicted octanol–water partition coefficient (Wildman–Crippen LogP) is 3.60. The van der Waals surface area contributed by atoms with E-state index in [0.717, 1.165) is 37.3 Å². The zero-order valence-corrected chi connectivity index (χ0v) is 14.7. The average Bonchev–Trinajstić information content (AvgIpc) is 2.61. The lowest BCUT2D eigenvalue weighted by molar-refractivity contribution is 0.0962. The van der Waals surface area contributed by atoms with Crippen LogP contribution in [0.5, 0.6) is 0 Å². The highest BCUT2D eigenvalue weighted by atomic mass is 16.6. The molecule has 1 aromatic carbocycles. The molecule has 5 heteroatoms. The van der Waals surface area contributed by atoms with E-state index in [1.54, 1.807) is 4.90 Å². The van der Waals surface area contributed by atoms with E-state index in [0.29, 0.717) is 6.61 Å². The third-order valence-corrected chi connectivity index (χ3v) is 4.76. The molecule has 0 bridgehead atoms. The van der Waals surface area contributed by atoms with Crippen LogP contribution in [0.3, 0.4) is 0 Å². The van der Waals surface area contributed by atoms with Gasteiger partial charge in [0.1, 0.15) is 5.82 Å². The van der Waals surface area contributed by atoms with Crippen LogP contribution in [-0.2, 0) is 4.74 Å². The number of nitrogens with zero attached hydrogens (tertiary/aromatic N) is 3. The van der Waals surface area contributed by atoms with Crippen molar-refractivity contribution < 1.29 is 9.53 Å². The van der Waals surface area contributed by atoms with E-state index in [4.69, 9.17) is 9.72 Å². The van der Waals surface area contributed by atoms with Crippen LogP contribution >= 0.6 is 0 Å². The SMILES string of the molecule is CCOC(=O)N(C)C1CCN(c2nc3ccccc3cc2C)CC1. The van der Waals surface area contributed by atoms with E-state index >= 15 is 0 Å². The summed E-state index contributed by atoms with van der Waals surface area (Å²) >= 11 is 0. The van der Waals surface area contributed by atoms with Gasteiger partial charge in [0.2, 0.25) is 0 Å². The summed E-state index contributed by atoms with van der Waals surface area (Å²) in [7, 11) is 1.83. The summed E-state index contributed by atoms with van der Waals surface area (Å²) in [6.07, 6.45) is 1.64. The Morgan fingerprint density at radius 3 is 2.75 bits per heavy atom. The Morgan fingerprint density at radius 1 is 1.33 bits per heavy atom. The quantitative estimate of drug-likeness (QED) is 0.864. The Bertz CT molecular complexity index is 724. The third kappa shape index (κ3) is 3.30. The first-order valence-electron chi connectivity index (χ1n) is 8.61. The number of amides is 1. The monoisotopic (exact) mass is 327 g/mol. The van der Waals surface area contributed by atoms with Crippen molar-refractivity contribution in [2.75, 3.05) is 31.6 Å². The fourth-order valence-corrected chi connectivity index (χ4v) is 3.37. The molecule has 1 fully saturated rings. The largest absolute Gasteiger partial charge is 0.450 e. The smallest absolute Gasteiger partial charge is 0.409 e. The number of aryl methyl sites for hydroxylation is 1. The lowest BCUT2D eigenvalue weighted by atomic mass is 10.0. The van der Waals surface area contributed by atoms with Crippen LogP contribution in [0.2, 0.25) is 0 Å². The van der Waals surface area contributed by atoms with Crippen molar-refractivity contribution in [3.8, 4) is 0 Å². The zero-order valence-electron chi connectivity index (χ0n) is 14.7. The number of anilines is 1. The van der Waals surface area contributed by atoms with Crippen LogP contribution in [0.1, 0.15) is 25.3 Å². The summed E-state index contributed by atoms with van der Waals surface area (Å²) < 4.78 is 5.10. The van der Waals surface area contributed by atoms with Gasteiger partial charge in [0.15, 0.2) is 0 Å². The first kappa shape index (κ1) is 16.6. The Balaban J connectivity index is 1.71. The fourth-order valence-electron chi connectivity index (χ4n) is 3.37. The number of benzene rings is 1. The van der Waals surface area contributed by atoms with Gasteiger partial charge in [-0.05, 0) is 44.4 Å². The Kier molecular flexibility index (Phi) is 4.88. The van der Waals surface area contributed by atoms with Gasteiger partial charge in [-0.25, -0.2) is 9.78 Å². The number of para-hydroxylation sites is 1. The highest BCUT2D eigenvalue weighted by Crippen LogP contribution is 2.26. The van der Waals surface area contributed by atoms with E-state index in [1.165, 1.54) is 10.9 Å². The molecule has 0 atom stereocenters. The van der Waals surface area contributed by atoms with Crippen molar-refractivity contribution in [2.24, 2.45) is 0 Å². The minimum absolute atomic E-state index is 0.226. The van der Waals surface area contributed by atoms with Crippen molar-refractivity contribution in [3.05, 3.63) is 35.9 Å². The van der Waals surface area contributed by atoms with Gasteiger partial charge < -0.3 is 14.5 Å². The Hall–Kier alpha value is -2.30. The molecule has 1 aliphatic heterocycles. The molecule has 5 nitrogen and oxygen atoms in total. The van der Waals surface area contributed by atoms with Crippen LogP contribution in [-0.4, -0.2) is 48.8 Å². The minimum Gasteiger partial charge on any atom is -0.450 e. The van der Waals surface area contributed by atoms with Gasteiger partial charge in [-0.3, -0.25) is 0 Å². The topological polar surface area (TPSA) is 45.7 Å². The van der Waals surface area contributed by atoms with E-state index in [-0.39, 0.29) is 12.1 Å². The molecule has 1 amide bonds. The maximum Gasteiger partial charge on any atom is 0.409 e. The van der Waals surface area contributed by atoms with Crippen LogP contribution in [0.25, 0.3) is 10.9 Å². The van der Waals surface area contributed by atoms with Gasteiger partial charge in [0.25, 0.3) is 0 Å². The molecule has 0 N–H and O–H groups in total. The molecule has 0 saturated carbocycles. The molecule has 0 spiro atoms. The van der Waals surface area contributed by atoms with Crippen molar-refractivity contribution in [1.82, 2.24) is 9.88 Å². The van der Waals surface area contributed by atoms with Gasteiger partial charge in [-0.2, -0.15) is 0 Å². The Morgan fingerprint density at radius 2 is 2.04 bits per heavy atom. The van der Waals surface area contributed by atoms with Crippen molar-refractivity contribution >= 4 is 22.8 Å². The molecule has 0 radical (unpaired) electrons. The normalized spacial score (nSPS) is 15.5. The van der Waals surface area contributed by atoms with E-state index in [1.807, 2.05) is 26.1 Å². The van der Waals surface area contributed by atoms with E-state index in [2.05, 4.69) is 30.0 Å². The van der Waals surface area contributed by atoms with Gasteiger partial charge in [-0.1, -0.05) is 18.2 Å². The molecule has 128 valence electrons. The van der Waals surface area contributed by atoms with Gasteiger partial charge in [0.05, 0.1) is 12.1 Å². The highest BCUT2D eigenvalue weighted by molar-refractivity contribution is 5.81. The number of hydrogen-bond acceptors (Lipinski definition) is 4. The molecular formula is C19H25N3O2. The van der Waals surface area contributed by atoms with Crippen molar-refractivity contribution in [2.45, 2.75) is 32.7 Å². The summed E-state index contributed by atoms with van der Waals surface area (Å²) in [6, 6.07) is 10.7. The van der Waals surface area contributed by atoms with Crippen LogP contribution in [0.15, 0.2) is 30.3 Å². The first-order valence-corrected chi connectivity index (χ1v) is 8.61. The molecule has 1 aliphatic rings. The molecule has 2 heterocycles. The Labute approximate surface area is 143 Å². The van der Waals surface area contributed by atoms with Crippen molar-refractivity contribution in [1.29, 1.82) is 0 Å². The summed E-state index contributed by atoms with van der Waals surface area (Å²) in [4.78, 5) is 20.8.